The Morgan fingerprint density at radius 3 is 2.58 bits per heavy atom. The lowest BCUT2D eigenvalue weighted by Crippen LogP contribution is -2.42. The Kier molecular flexibility index (Phi) is 6.63. The molecule has 0 saturated carbocycles. The van der Waals surface area contributed by atoms with Gasteiger partial charge in [-0.05, 0) is 49.2 Å². The number of carbonyl (C=O) groups excluding carboxylic acids is 1. The molecule has 2 aromatic carbocycles. The quantitative estimate of drug-likeness (QED) is 0.581. The van der Waals surface area contributed by atoms with E-state index in [1.807, 2.05) is 44.2 Å². The zero-order valence-electron chi connectivity index (χ0n) is 18.6. The van der Waals surface area contributed by atoms with Gasteiger partial charge in [0, 0.05) is 28.6 Å². The Labute approximate surface area is 201 Å². The van der Waals surface area contributed by atoms with Gasteiger partial charge >= 0.3 is 0 Å². The Morgan fingerprint density at radius 2 is 1.91 bits per heavy atom. The van der Waals surface area contributed by atoms with Crippen molar-refractivity contribution < 1.29 is 9.63 Å². The van der Waals surface area contributed by atoms with Crippen molar-refractivity contribution in [3.63, 3.8) is 0 Å². The molecule has 1 aromatic heterocycles. The maximum Gasteiger partial charge on any atom is 0.293 e. The maximum absolute atomic E-state index is 13.2. The van der Waals surface area contributed by atoms with E-state index in [-0.39, 0.29) is 24.1 Å². The van der Waals surface area contributed by atoms with E-state index >= 15 is 0 Å². The summed E-state index contributed by atoms with van der Waals surface area (Å²) in [6, 6.07) is 12.5. The van der Waals surface area contributed by atoms with Crippen LogP contribution in [0.2, 0.25) is 10.0 Å². The zero-order chi connectivity index (χ0) is 23.7. The topological polar surface area (TPSA) is 76.5 Å². The van der Waals surface area contributed by atoms with Crippen LogP contribution in [0, 0.1) is 6.92 Å². The number of hydrogen-bond donors (Lipinski definition) is 1. The third kappa shape index (κ3) is 4.70. The summed E-state index contributed by atoms with van der Waals surface area (Å²) in [7, 11) is 1.41. The Bertz CT molecular complexity index is 1260. The van der Waals surface area contributed by atoms with E-state index in [0.29, 0.717) is 45.8 Å². The second-order valence-corrected chi connectivity index (χ2v) is 8.84. The first kappa shape index (κ1) is 23.1. The van der Waals surface area contributed by atoms with Crippen molar-refractivity contribution in [1.82, 2.24) is 14.6 Å². The largest absolute Gasteiger partial charge is 0.411 e. The molecule has 3 aromatic rings. The number of benzene rings is 2. The average molecular weight is 487 g/mol. The summed E-state index contributed by atoms with van der Waals surface area (Å²) in [5.41, 5.74) is 3.14. The molecule has 9 heteroatoms. The number of nitrogens with one attached hydrogen (secondary N) is 1. The summed E-state index contributed by atoms with van der Waals surface area (Å²) < 4.78 is 1.13. The van der Waals surface area contributed by atoms with Crippen molar-refractivity contribution in [2.45, 2.75) is 32.9 Å². The zero-order valence-corrected chi connectivity index (χ0v) is 20.1. The molecule has 0 spiro atoms. The number of aryl methyl sites for hydroxylation is 1. The molecule has 172 valence electrons. The van der Waals surface area contributed by atoms with Crippen molar-refractivity contribution in [3.8, 4) is 0 Å². The van der Waals surface area contributed by atoms with Crippen molar-refractivity contribution in [2.75, 3.05) is 19.0 Å². The van der Waals surface area contributed by atoms with Gasteiger partial charge in [0.25, 0.3) is 11.5 Å². The van der Waals surface area contributed by atoms with Crippen LogP contribution in [-0.4, -0.2) is 34.2 Å². The molecule has 0 bridgehead atoms. The van der Waals surface area contributed by atoms with Gasteiger partial charge in [-0.3, -0.25) is 9.59 Å². The predicted molar refractivity (Wildman–Crippen MR) is 129 cm³/mol. The highest BCUT2D eigenvalue weighted by molar-refractivity contribution is 6.31. The normalized spacial score (nSPS) is 13.9. The van der Waals surface area contributed by atoms with E-state index in [0.717, 1.165) is 15.9 Å². The first-order valence-electron chi connectivity index (χ1n) is 10.5. The molecule has 1 N–H and O–H groups in total. The van der Waals surface area contributed by atoms with E-state index in [1.165, 1.54) is 7.11 Å². The number of carbonyl (C=O) groups is 1. The van der Waals surface area contributed by atoms with Gasteiger partial charge in [-0.1, -0.05) is 41.4 Å². The minimum Gasteiger partial charge on any atom is -0.411 e. The van der Waals surface area contributed by atoms with E-state index in [9.17, 15) is 9.59 Å². The molecule has 7 nitrogen and oxygen atoms in total. The van der Waals surface area contributed by atoms with Crippen molar-refractivity contribution in [2.24, 2.45) is 0 Å². The second kappa shape index (κ2) is 9.45. The fourth-order valence-corrected chi connectivity index (χ4v) is 4.14. The molecule has 33 heavy (non-hydrogen) atoms. The first-order valence-corrected chi connectivity index (χ1v) is 11.3. The number of anilines is 1. The molecule has 0 radical (unpaired) electrons. The third-order valence-electron chi connectivity index (χ3n) is 5.80. The molecule has 1 amide bonds. The van der Waals surface area contributed by atoms with Crippen LogP contribution >= 0.6 is 23.2 Å². The van der Waals surface area contributed by atoms with E-state index in [2.05, 4.69) is 10.3 Å². The van der Waals surface area contributed by atoms with E-state index in [1.54, 1.807) is 17.0 Å². The summed E-state index contributed by atoms with van der Waals surface area (Å²) in [4.78, 5) is 37.9. The standard InChI is InChI=1S/C24H24Cl2N4O3/c1-14-4-5-17(12-20(14)26)22(31)29-11-10-21-19(13-29)23(32)30(33-3)24(28-21)27-15(2)16-6-8-18(25)9-7-16/h4-9,12,15H,10-11,13H2,1-3H3,(H,27,28). The Balaban J connectivity index is 1.60. The highest BCUT2D eigenvalue weighted by Gasteiger charge is 2.28. The summed E-state index contributed by atoms with van der Waals surface area (Å²) in [5.74, 6) is 0.137. The van der Waals surface area contributed by atoms with Crippen LogP contribution in [0.5, 0.6) is 0 Å². The molecule has 0 saturated heterocycles. The van der Waals surface area contributed by atoms with Gasteiger partial charge in [0.2, 0.25) is 5.95 Å². The van der Waals surface area contributed by atoms with Gasteiger partial charge in [0.05, 0.1) is 23.8 Å². The van der Waals surface area contributed by atoms with Crippen LogP contribution in [0.3, 0.4) is 0 Å². The lowest BCUT2D eigenvalue weighted by atomic mass is 10.0. The molecule has 1 aliphatic rings. The Morgan fingerprint density at radius 1 is 1.18 bits per heavy atom. The monoisotopic (exact) mass is 486 g/mol. The third-order valence-corrected chi connectivity index (χ3v) is 6.46. The fourth-order valence-electron chi connectivity index (χ4n) is 3.83. The number of nitrogens with zero attached hydrogens (tertiary/aromatic N) is 3. The number of hydrogen-bond acceptors (Lipinski definition) is 5. The first-order chi connectivity index (χ1) is 15.8. The number of aromatic nitrogens is 2. The van der Waals surface area contributed by atoms with Crippen LogP contribution in [0.25, 0.3) is 0 Å². The number of halogens is 2. The lowest BCUT2D eigenvalue weighted by molar-refractivity contribution is 0.0728. The summed E-state index contributed by atoms with van der Waals surface area (Å²) >= 11 is 12.2. The van der Waals surface area contributed by atoms with Crippen molar-refractivity contribution in [1.29, 1.82) is 0 Å². The van der Waals surface area contributed by atoms with E-state index < -0.39 is 0 Å². The van der Waals surface area contributed by atoms with Crippen LogP contribution < -0.4 is 15.7 Å². The number of rotatable bonds is 5. The molecule has 4 rings (SSSR count). The van der Waals surface area contributed by atoms with Crippen LogP contribution in [0.4, 0.5) is 5.95 Å². The predicted octanol–water partition coefficient (Wildman–Crippen LogP) is 4.29. The highest BCUT2D eigenvalue weighted by atomic mass is 35.5. The second-order valence-electron chi connectivity index (χ2n) is 8.00. The van der Waals surface area contributed by atoms with Crippen molar-refractivity contribution in [3.05, 3.63) is 90.8 Å². The van der Waals surface area contributed by atoms with Crippen LogP contribution in [0.1, 0.15) is 45.7 Å². The van der Waals surface area contributed by atoms with Gasteiger partial charge in [-0.15, -0.1) is 4.73 Å². The van der Waals surface area contributed by atoms with Gasteiger partial charge < -0.3 is 15.1 Å². The average Bonchev–Trinajstić information content (AvgIpc) is 2.81. The smallest absolute Gasteiger partial charge is 0.293 e. The molecular formula is C24H24Cl2N4O3. The van der Waals surface area contributed by atoms with Crippen LogP contribution in [-0.2, 0) is 13.0 Å². The van der Waals surface area contributed by atoms with Gasteiger partial charge in [-0.25, -0.2) is 4.98 Å². The molecule has 0 aliphatic carbocycles. The molecule has 1 unspecified atom stereocenters. The van der Waals surface area contributed by atoms with Gasteiger partial charge in [0.1, 0.15) is 7.11 Å². The Hall–Kier alpha value is -3.03. The minimum atomic E-state index is -0.340. The fraction of sp³-hybridized carbons (Fsp3) is 0.292. The minimum absolute atomic E-state index is 0.137. The molecule has 1 aliphatic heterocycles. The van der Waals surface area contributed by atoms with Crippen LogP contribution in [0.15, 0.2) is 47.3 Å². The summed E-state index contributed by atoms with van der Waals surface area (Å²) in [6.07, 6.45) is 0.463. The maximum atomic E-state index is 13.2. The van der Waals surface area contributed by atoms with Gasteiger partial charge in [-0.2, -0.15) is 0 Å². The summed E-state index contributed by atoms with van der Waals surface area (Å²) in [5, 5.41) is 4.43. The molecule has 0 fully saturated rings. The van der Waals surface area contributed by atoms with E-state index in [4.69, 9.17) is 28.0 Å². The molecular weight excluding hydrogens is 463 g/mol. The van der Waals surface area contributed by atoms with Gasteiger partial charge in [0.15, 0.2) is 0 Å². The molecule has 2 heterocycles. The lowest BCUT2D eigenvalue weighted by Gasteiger charge is -2.29. The highest BCUT2D eigenvalue weighted by Crippen LogP contribution is 2.23. The SMILES string of the molecule is COn1c(NC(C)c2ccc(Cl)cc2)nc2c(c1=O)CN(C(=O)c1ccc(C)c(Cl)c1)CC2. The molecule has 1 atom stereocenters. The number of amides is 1. The number of fused-ring (bicyclic) bond motifs is 1. The summed E-state index contributed by atoms with van der Waals surface area (Å²) in [6.45, 7) is 4.45. The van der Waals surface area contributed by atoms with Crippen molar-refractivity contribution >= 4 is 35.1 Å².